The number of hydrogen-bond donors (Lipinski definition) is 0. The Bertz CT molecular complexity index is 147. The highest BCUT2D eigenvalue weighted by Gasteiger charge is 2.33. The van der Waals surface area contributed by atoms with Crippen molar-refractivity contribution in [1.82, 2.24) is 0 Å². The third kappa shape index (κ3) is 3.05. The van der Waals surface area contributed by atoms with E-state index in [0.29, 0.717) is 10.5 Å². The largest absolute Gasteiger partial charge is 0.545 e. The molecule has 0 radical (unpaired) electrons. The van der Waals surface area contributed by atoms with Gasteiger partial charge in [-0.05, 0) is 34.6 Å². The van der Waals surface area contributed by atoms with Gasteiger partial charge in [-0.15, -0.1) is 0 Å². The second kappa shape index (κ2) is 4.75. The number of aliphatic carboxylic acids is 1. The van der Waals surface area contributed by atoms with Crippen LogP contribution in [0.1, 0.15) is 34.6 Å². The van der Waals surface area contributed by atoms with E-state index in [9.17, 15) is 9.90 Å². The van der Waals surface area contributed by atoms with Crippen LogP contribution in [-0.2, 0) is 15.7 Å². The van der Waals surface area contributed by atoms with Gasteiger partial charge in [-0.3, -0.25) is 0 Å². The molecule has 0 amide bonds. The monoisotopic (exact) mass is 190 g/mol. The van der Waals surface area contributed by atoms with Crippen molar-refractivity contribution < 1.29 is 9.90 Å². The molecule has 0 aliphatic heterocycles. The summed E-state index contributed by atoms with van der Waals surface area (Å²) in [6.45, 7) is 10.0. The summed E-state index contributed by atoms with van der Waals surface area (Å²) < 4.78 is 0. The first kappa shape index (κ1) is 11.8. The van der Waals surface area contributed by atoms with Crippen LogP contribution in [0.4, 0.5) is 0 Å². The molecule has 1 unspecified atom stereocenters. The van der Waals surface area contributed by atoms with Crippen molar-refractivity contribution in [2.45, 2.75) is 50.4 Å². The third-order valence-corrected chi connectivity index (χ3v) is 5.02. The number of carboxylic acid groups (broad SMARTS) is 1. The van der Waals surface area contributed by atoms with Crippen LogP contribution >= 0.6 is 0 Å². The van der Waals surface area contributed by atoms with Gasteiger partial charge < -0.3 is 9.90 Å². The zero-order valence-corrected chi connectivity index (χ0v) is 9.27. The average molecular weight is 190 g/mol. The molecule has 0 aliphatic carbocycles. The molecular formula is C9H18O2S. The first-order valence-corrected chi connectivity index (χ1v) is 5.70. The topological polar surface area (TPSA) is 40.1 Å². The Balaban J connectivity index is 4.40. The van der Waals surface area contributed by atoms with Gasteiger partial charge in [0, 0.05) is 10.9 Å². The number of carbonyl (C=O) groups is 1. The van der Waals surface area contributed by atoms with Gasteiger partial charge in [0.15, 0.2) is 5.25 Å². The van der Waals surface area contributed by atoms with E-state index in [1.165, 1.54) is 0 Å². The Morgan fingerprint density at radius 2 is 1.42 bits per heavy atom. The minimum Gasteiger partial charge on any atom is -0.545 e. The Labute approximate surface area is 77.7 Å². The molecule has 0 N–H and O–H groups in total. The number of carbonyl (C=O) groups excluding carboxylic acids is 1. The molecule has 0 bridgehead atoms. The van der Waals surface area contributed by atoms with E-state index in [1.807, 2.05) is 0 Å². The Morgan fingerprint density at radius 1 is 1.08 bits per heavy atom. The Kier molecular flexibility index (Phi) is 4.68. The lowest BCUT2D eigenvalue weighted by molar-refractivity contribution is -0.304. The number of hydrogen-bond acceptors (Lipinski definition) is 2. The number of rotatable bonds is 4. The molecule has 1 atom stereocenters. The molecule has 3 heteroatoms. The fourth-order valence-corrected chi connectivity index (χ4v) is 4.42. The van der Waals surface area contributed by atoms with Crippen LogP contribution in [-0.4, -0.2) is 21.7 Å². The van der Waals surface area contributed by atoms with Gasteiger partial charge >= 0.3 is 0 Å². The molecule has 0 saturated carbocycles. The van der Waals surface area contributed by atoms with Gasteiger partial charge in [0.05, 0.1) is 5.97 Å². The highest BCUT2D eigenvalue weighted by molar-refractivity contribution is 7.99. The normalized spacial score (nSPS) is 14.3. The Hall–Kier alpha value is -0.180. The van der Waals surface area contributed by atoms with Crippen molar-refractivity contribution in [2.75, 3.05) is 0 Å². The predicted molar refractivity (Wildman–Crippen MR) is 52.1 cm³/mol. The van der Waals surface area contributed by atoms with Crippen LogP contribution < -0.4 is 5.11 Å². The lowest BCUT2D eigenvalue weighted by atomic mass is 10.5. The quantitative estimate of drug-likeness (QED) is 0.608. The molecule has 0 aromatic rings. The van der Waals surface area contributed by atoms with Gasteiger partial charge in [-0.25, -0.2) is 0 Å². The van der Waals surface area contributed by atoms with Crippen molar-refractivity contribution >= 4 is 16.9 Å². The smallest absolute Gasteiger partial charge is 0.155 e. The van der Waals surface area contributed by atoms with Gasteiger partial charge in [0.1, 0.15) is 10.5 Å². The molecular weight excluding hydrogens is 172 g/mol. The zero-order valence-electron chi connectivity index (χ0n) is 8.46. The summed E-state index contributed by atoms with van der Waals surface area (Å²) in [5.41, 5.74) is 0. The summed E-state index contributed by atoms with van der Waals surface area (Å²) in [4.78, 5) is 10.6. The second-order valence-electron chi connectivity index (χ2n) is 3.47. The average Bonchev–Trinajstić information content (AvgIpc) is 1.85. The zero-order chi connectivity index (χ0) is 9.89. The molecule has 12 heavy (non-hydrogen) atoms. The maximum absolute atomic E-state index is 10.6. The van der Waals surface area contributed by atoms with E-state index < -0.39 is 5.97 Å². The fraction of sp³-hybridized carbons (Fsp3) is 0.889. The Morgan fingerprint density at radius 3 is 1.50 bits per heavy atom. The summed E-state index contributed by atoms with van der Waals surface area (Å²) in [6.07, 6.45) is 0. The van der Waals surface area contributed by atoms with Crippen molar-refractivity contribution in [3.8, 4) is 0 Å². The van der Waals surface area contributed by atoms with Crippen molar-refractivity contribution in [3.05, 3.63) is 0 Å². The van der Waals surface area contributed by atoms with Crippen LogP contribution in [0.3, 0.4) is 0 Å². The maximum Gasteiger partial charge on any atom is 0.155 e. The van der Waals surface area contributed by atoms with Crippen LogP contribution in [0.25, 0.3) is 0 Å². The summed E-state index contributed by atoms with van der Waals surface area (Å²) >= 11 is 0. The molecule has 0 rings (SSSR count). The van der Waals surface area contributed by atoms with E-state index in [1.54, 1.807) is 6.92 Å². The van der Waals surface area contributed by atoms with E-state index in [2.05, 4.69) is 27.7 Å². The summed E-state index contributed by atoms with van der Waals surface area (Å²) in [5, 5.41) is 11.2. The predicted octanol–water partition coefficient (Wildman–Crippen LogP) is 0.560. The third-order valence-electron chi connectivity index (χ3n) is 1.83. The molecule has 0 spiro atoms. The molecule has 0 aromatic heterocycles. The maximum atomic E-state index is 10.6. The molecule has 0 saturated heterocycles. The summed E-state index contributed by atoms with van der Waals surface area (Å²) in [5.74, 6) is -0.916. The minimum atomic E-state index is -0.916. The van der Waals surface area contributed by atoms with Gasteiger partial charge in [-0.2, -0.15) is 0 Å². The van der Waals surface area contributed by atoms with E-state index >= 15 is 0 Å². The van der Waals surface area contributed by atoms with Crippen molar-refractivity contribution in [1.29, 1.82) is 0 Å². The van der Waals surface area contributed by atoms with E-state index in [-0.39, 0.29) is 16.1 Å². The van der Waals surface area contributed by atoms with Crippen LogP contribution in [0, 0.1) is 0 Å². The SMILES string of the molecule is CC(C)[S+](C(C)C)C(C)C(=O)[O-]. The molecule has 0 aliphatic rings. The van der Waals surface area contributed by atoms with Gasteiger partial charge in [-0.1, -0.05) is 0 Å². The van der Waals surface area contributed by atoms with Gasteiger partial charge in [0.2, 0.25) is 0 Å². The second-order valence-corrected chi connectivity index (χ2v) is 6.88. The highest BCUT2D eigenvalue weighted by Crippen LogP contribution is 2.18. The highest BCUT2D eigenvalue weighted by atomic mass is 32.2. The lowest BCUT2D eigenvalue weighted by Gasteiger charge is -2.22. The lowest BCUT2D eigenvalue weighted by Crippen LogP contribution is -2.45. The van der Waals surface area contributed by atoms with Crippen LogP contribution in [0.2, 0.25) is 0 Å². The van der Waals surface area contributed by atoms with Gasteiger partial charge in [0.25, 0.3) is 0 Å². The molecule has 0 heterocycles. The summed E-state index contributed by atoms with van der Waals surface area (Å²) in [7, 11) is -0.0648. The van der Waals surface area contributed by atoms with Crippen LogP contribution in [0.15, 0.2) is 0 Å². The molecule has 0 fully saturated rings. The first-order chi connectivity index (χ1) is 5.37. The van der Waals surface area contributed by atoms with Crippen molar-refractivity contribution in [3.63, 3.8) is 0 Å². The number of carboxylic acids is 1. The first-order valence-electron chi connectivity index (χ1n) is 4.29. The fourth-order valence-electron chi connectivity index (χ4n) is 1.47. The van der Waals surface area contributed by atoms with E-state index in [4.69, 9.17) is 0 Å². The van der Waals surface area contributed by atoms with Crippen LogP contribution in [0.5, 0.6) is 0 Å². The van der Waals surface area contributed by atoms with E-state index in [0.717, 1.165) is 0 Å². The molecule has 72 valence electrons. The standard InChI is InChI=1S/C9H18O2S/c1-6(2)12(7(3)4)8(5)9(10)11/h6-8H,1-5H3. The minimum absolute atomic E-state index is 0.0648. The summed E-state index contributed by atoms with van der Waals surface area (Å²) in [6, 6.07) is 0. The van der Waals surface area contributed by atoms with Crippen molar-refractivity contribution in [2.24, 2.45) is 0 Å². The molecule has 2 nitrogen and oxygen atoms in total. The molecule has 0 aromatic carbocycles.